The maximum Gasteiger partial charge on any atom is 0.264 e. The van der Waals surface area contributed by atoms with Crippen LogP contribution in [-0.2, 0) is 10.0 Å². The summed E-state index contributed by atoms with van der Waals surface area (Å²) < 4.78 is 27.5. The van der Waals surface area contributed by atoms with E-state index in [4.69, 9.17) is 0 Å². The molecule has 3 aromatic carbocycles. The van der Waals surface area contributed by atoms with E-state index in [1.54, 1.807) is 48.5 Å². The van der Waals surface area contributed by atoms with E-state index in [2.05, 4.69) is 24.4 Å². The minimum absolute atomic E-state index is 0.180. The minimum atomic E-state index is -3.81. The molecule has 0 aromatic heterocycles. The molecule has 6 heteroatoms. The van der Waals surface area contributed by atoms with Crippen molar-refractivity contribution >= 4 is 21.6 Å². The lowest BCUT2D eigenvalue weighted by Crippen LogP contribution is -2.32. The second kappa shape index (κ2) is 9.17. The van der Waals surface area contributed by atoms with Crippen molar-refractivity contribution in [3.05, 3.63) is 94.0 Å². The van der Waals surface area contributed by atoms with E-state index >= 15 is 0 Å². The second-order valence-corrected chi connectivity index (χ2v) is 10.3. The third kappa shape index (κ3) is 4.70. The Hall–Kier alpha value is -3.12. The first-order valence-corrected chi connectivity index (χ1v) is 12.0. The molecule has 0 spiro atoms. The number of benzene rings is 3. The molecular formula is C26H30N2O3S. The molecule has 0 aliphatic heterocycles. The minimum Gasteiger partial charge on any atom is -0.345 e. The van der Waals surface area contributed by atoms with Gasteiger partial charge in [0.05, 0.1) is 22.2 Å². The third-order valence-corrected chi connectivity index (χ3v) is 7.65. The Morgan fingerprint density at radius 2 is 1.47 bits per heavy atom. The van der Waals surface area contributed by atoms with Gasteiger partial charge in [0, 0.05) is 7.05 Å². The summed E-state index contributed by atoms with van der Waals surface area (Å²) in [4.78, 5) is 13.4. The molecule has 0 heterocycles. The molecule has 3 aromatic rings. The molecule has 0 aliphatic carbocycles. The van der Waals surface area contributed by atoms with E-state index < -0.39 is 10.0 Å². The zero-order valence-corrected chi connectivity index (χ0v) is 20.2. The Morgan fingerprint density at radius 3 is 2.12 bits per heavy atom. The first-order valence-electron chi connectivity index (χ1n) is 10.6. The number of nitrogens with zero attached hydrogens (tertiary/aromatic N) is 1. The summed E-state index contributed by atoms with van der Waals surface area (Å²) in [6.07, 6.45) is 0. The SMILES string of the molecule is Cc1ccc(S(=O)(=O)N(C)c2ccccc2C(=O)NC(C)c2cc(C)c(C)cc2C)cc1. The maximum atomic E-state index is 13.2. The number of sulfonamides is 1. The van der Waals surface area contributed by atoms with Crippen LogP contribution in [0.25, 0.3) is 0 Å². The quantitative estimate of drug-likeness (QED) is 0.559. The zero-order chi connectivity index (χ0) is 23.6. The normalized spacial score (nSPS) is 12.3. The summed E-state index contributed by atoms with van der Waals surface area (Å²) in [5.74, 6) is -0.323. The van der Waals surface area contributed by atoms with Gasteiger partial charge in [0.2, 0.25) is 0 Å². The standard InChI is InChI=1S/C26H30N2O3S/c1-17-11-13-22(14-12-17)32(30,31)28(6)25-10-8-7-9-23(25)26(29)27-21(5)24-16-19(3)18(2)15-20(24)4/h7-16,21H,1-6H3,(H,27,29). The monoisotopic (exact) mass is 450 g/mol. The predicted molar refractivity (Wildman–Crippen MR) is 130 cm³/mol. The lowest BCUT2D eigenvalue weighted by atomic mass is 9.96. The largest absolute Gasteiger partial charge is 0.345 e. The molecule has 0 saturated heterocycles. The van der Waals surface area contributed by atoms with E-state index in [0.29, 0.717) is 11.3 Å². The Balaban J connectivity index is 1.91. The van der Waals surface area contributed by atoms with E-state index in [9.17, 15) is 13.2 Å². The van der Waals surface area contributed by atoms with Gasteiger partial charge in [-0.1, -0.05) is 42.0 Å². The highest BCUT2D eigenvalue weighted by Crippen LogP contribution is 2.27. The topological polar surface area (TPSA) is 66.5 Å². The highest BCUT2D eigenvalue weighted by molar-refractivity contribution is 7.92. The highest BCUT2D eigenvalue weighted by atomic mass is 32.2. The van der Waals surface area contributed by atoms with Crippen LogP contribution in [0.4, 0.5) is 5.69 Å². The summed E-state index contributed by atoms with van der Waals surface area (Å²) in [5.41, 5.74) is 6.12. The summed E-state index contributed by atoms with van der Waals surface area (Å²) in [6, 6.07) is 17.4. The number of amides is 1. The lowest BCUT2D eigenvalue weighted by Gasteiger charge is -2.23. The molecule has 5 nitrogen and oxygen atoms in total. The average Bonchev–Trinajstić information content (AvgIpc) is 2.75. The van der Waals surface area contributed by atoms with Crippen LogP contribution in [0.2, 0.25) is 0 Å². The van der Waals surface area contributed by atoms with Gasteiger partial charge < -0.3 is 5.32 Å². The van der Waals surface area contributed by atoms with Crippen molar-refractivity contribution in [1.29, 1.82) is 0 Å². The molecule has 1 unspecified atom stereocenters. The fraction of sp³-hybridized carbons (Fsp3) is 0.269. The fourth-order valence-electron chi connectivity index (χ4n) is 3.74. The zero-order valence-electron chi connectivity index (χ0n) is 19.4. The third-order valence-electron chi connectivity index (χ3n) is 5.86. The van der Waals surface area contributed by atoms with E-state index in [1.807, 2.05) is 27.7 Å². The summed E-state index contributed by atoms with van der Waals surface area (Å²) in [6.45, 7) is 9.98. The van der Waals surface area contributed by atoms with Crippen molar-refractivity contribution in [3.63, 3.8) is 0 Å². The average molecular weight is 451 g/mol. The Kier molecular flexibility index (Phi) is 6.74. The van der Waals surface area contributed by atoms with Gasteiger partial charge >= 0.3 is 0 Å². The van der Waals surface area contributed by atoms with Gasteiger partial charge in [0.25, 0.3) is 15.9 Å². The summed E-state index contributed by atoms with van der Waals surface area (Å²) in [7, 11) is -2.34. The molecule has 1 N–H and O–H groups in total. The van der Waals surface area contributed by atoms with Crippen LogP contribution in [0.3, 0.4) is 0 Å². The van der Waals surface area contributed by atoms with E-state index in [1.165, 1.54) is 16.9 Å². The number of rotatable bonds is 6. The van der Waals surface area contributed by atoms with Gasteiger partial charge in [-0.25, -0.2) is 8.42 Å². The first-order chi connectivity index (χ1) is 15.0. The van der Waals surface area contributed by atoms with Crippen molar-refractivity contribution < 1.29 is 13.2 Å². The molecule has 1 atom stereocenters. The molecule has 0 radical (unpaired) electrons. The first kappa shape index (κ1) is 23.5. The summed E-state index contributed by atoms with van der Waals surface area (Å²) >= 11 is 0. The molecule has 1 amide bonds. The van der Waals surface area contributed by atoms with Crippen LogP contribution in [0.1, 0.15) is 51.1 Å². The van der Waals surface area contributed by atoms with E-state index in [-0.39, 0.29) is 16.8 Å². The number of aryl methyl sites for hydroxylation is 4. The molecule has 0 aliphatic rings. The van der Waals surface area contributed by atoms with Crippen molar-refractivity contribution in [2.75, 3.05) is 11.4 Å². The van der Waals surface area contributed by atoms with Gasteiger partial charge in [-0.15, -0.1) is 0 Å². The van der Waals surface area contributed by atoms with Gasteiger partial charge in [-0.05, 0) is 81.1 Å². The predicted octanol–water partition coefficient (Wildman–Crippen LogP) is 5.24. The molecule has 32 heavy (non-hydrogen) atoms. The molecule has 0 fully saturated rings. The molecular weight excluding hydrogens is 420 g/mol. The van der Waals surface area contributed by atoms with Crippen LogP contribution in [0.5, 0.6) is 0 Å². The number of hydrogen-bond donors (Lipinski definition) is 1. The Morgan fingerprint density at radius 1 is 0.875 bits per heavy atom. The molecule has 168 valence electrons. The van der Waals surface area contributed by atoms with Crippen molar-refractivity contribution in [3.8, 4) is 0 Å². The second-order valence-electron chi connectivity index (χ2n) is 8.29. The van der Waals surface area contributed by atoms with Crippen LogP contribution in [-0.4, -0.2) is 21.4 Å². The van der Waals surface area contributed by atoms with Crippen LogP contribution >= 0.6 is 0 Å². The fourth-order valence-corrected chi connectivity index (χ4v) is 4.95. The molecule has 0 bridgehead atoms. The van der Waals surface area contributed by atoms with Crippen LogP contribution in [0.15, 0.2) is 65.6 Å². The number of carbonyl (C=O) groups is 1. The Labute approximate surface area is 191 Å². The van der Waals surface area contributed by atoms with Crippen molar-refractivity contribution in [1.82, 2.24) is 5.32 Å². The van der Waals surface area contributed by atoms with Gasteiger partial charge in [-0.3, -0.25) is 9.10 Å². The van der Waals surface area contributed by atoms with Crippen molar-refractivity contribution in [2.45, 2.75) is 45.6 Å². The van der Waals surface area contributed by atoms with Gasteiger partial charge in [-0.2, -0.15) is 0 Å². The highest BCUT2D eigenvalue weighted by Gasteiger charge is 2.25. The van der Waals surface area contributed by atoms with Gasteiger partial charge in [0.1, 0.15) is 0 Å². The number of nitrogens with one attached hydrogen (secondary N) is 1. The van der Waals surface area contributed by atoms with E-state index in [0.717, 1.165) is 22.3 Å². The molecule has 0 saturated carbocycles. The van der Waals surface area contributed by atoms with Crippen molar-refractivity contribution in [2.24, 2.45) is 0 Å². The lowest BCUT2D eigenvalue weighted by molar-refractivity contribution is 0.0940. The summed E-state index contributed by atoms with van der Waals surface area (Å²) in [5, 5.41) is 3.03. The molecule has 3 rings (SSSR count). The smallest absolute Gasteiger partial charge is 0.264 e. The van der Waals surface area contributed by atoms with Crippen LogP contribution < -0.4 is 9.62 Å². The number of hydrogen-bond acceptors (Lipinski definition) is 3. The van der Waals surface area contributed by atoms with Gasteiger partial charge in [0.15, 0.2) is 0 Å². The number of carbonyl (C=O) groups excluding carboxylic acids is 1. The maximum absolute atomic E-state index is 13.2. The Bertz CT molecular complexity index is 1250. The van der Waals surface area contributed by atoms with Crippen LogP contribution in [0, 0.1) is 27.7 Å². The number of anilines is 1. The number of para-hydroxylation sites is 1.